The van der Waals surface area contributed by atoms with E-state index < -0.39 is 5.78 Å². The predicted octanol–water partition coefficient (Wildman–Crippen LogP) is 3.02. The van der Waals surface area contributed by atoms with Crippen LogP contribution in [0.2, 0.25) is 0 Å². The molecule has 0 fully saturated rings. The molecule has 0 atom stereocenters. The molecule has 2 aromatic heterocycles. The molecule has 4 rings (SSSR count). The summed E-state index contributed by atoms with van der Waals surface area (Å²) < 4.78 is 10.2. The number of ketones is 1. The van der Waals surface area contributed by atoms with Gasteiger partial charge in [-0.3, -0.25) is 4.79 Å². The van der Waals surface area contributed by atoms with Crippen LogP contribution < -0.4 is 0 Å². The summed E-state index contributed by atoms with van der Waals surface area (Å²) >= 11 is 0. The molecule has 7 heteroatoms. The van der Waals surface area contributed by atoms with Crippen molar-refractivity contribution < 1.29 is 13.8 Å². The third kappa shape index (κ3) is 2.58. The van der Waals surface area contributed by atoms with Gasteiger partial charge in [-0.1, -0.05) is 46.7 Å². The molecule has 0 aliphatic heterocycles. The summed E-state index contributed by atoms with van der Waals surface area (Å²) in [5, 5.41) is 7.39. The van der Waals surface area contributed by atoms with Gasteiger partial charge < -0.3 is 9.05 Å². The molecule has 116 valence electrons. The van der Waals surface area contributed by atoms with Crippen LogP contribution in [0.1, 0.15) is 16.4 Å². The predicted molar refractivity (Wildman–Crippen MR) is 82.9 cm³/mol. The number of carbonyl (C=O) groups excluding carboxylic acids is 1. The van der Waals surface area contributed by atoms with E-state index in [-0.39, 0.29) is 23.4 Å². The van der Waals surface area contributed by atoms with E-state index in [0.717, 1.165) is 11.1 Å². The van der Waals surface area contributed by atoms with E-state index in [2.05, 4.69) is 20.3 Å². The Balaban J connectivity index is 1.61. The first kappa shape index (κ1) is 14.0. The van der Waals surface area contributed by atoms with Crippen LogP contribution in [-0.2, 0) is 0 Å². The monoisotopic (exact) mass is 318 g/mol. The fourth-order valence-corrected chi connectivity index (χ4v) is 2.13. The molecular weight excluding hydrogens is 308 g/mol. The summed E-state index contributed by atoms with van der Waals surface area (Å²) in [6, 6.07) is 18.3. The first-order chi connectivity index (χ1) is 11.8. The number of nitrogens with zero attached hydrogens (tertiary/aromatic N) is 4. The van der Waals surface area contributed by atoms with E-state index in [0.29, 0.717) is 0 Å². The minimum atomic E-state index is -0.563. The molecule has 2 heterocycles. The quantitative estimate of drug-likeness (QED) is 0.534. The smallest absolute Gasteiger partial charge is 0.274 e. The van der Waals surface area contributed by atoms with Gasteiger partial charge in [-0.25, -0.2) is 0 Å². The fraction of sp³-hybridized carbons (Fsp3) is 0. The van der Waals surface area contributed by atoms with Crippen molar-refractivity contribution in [2.24, 2.45) is 0 Å². The molecule has 0 bridgehead atoms. The van der Waals surface area contributed by atoms with E-state index in [4.69, 9.17) is 9.05 Å². The third-order valence-corrected chi connectivity index (χ3v) is 3.30. The average molecular weight is 318 g/mol. The first-order valence-electron chi connectivity index (χ1n) is 7.14. The maximum absolute atomic E-state index is 12.4. The zero-order chi connectivity index (χ0) is 16.4. The van der Waals surface area contributed by atoms with E-state index in [1.165, 1.54) is 0 Å². The van der Waals surface area contributed by atoms with Crippen LogP contribution in [0.25, 0.3) is 22.9 Å². The molecule has 0 aliphatic carbocycles. The lowest BCUT2D eigenvalue weighted by molar-refractivity contribution is 0.101. The number of hydrogen-bond acceptors (Lipinski definition) is 7. The molecule has 0 amide bonds. The maximum atomic E-state index is 12.4. The van der Waals surface area contributed by atoms with Crippen molar-refractivity contribution in [2.75, 3.05) is 0 Å². The van der Waals surface area contributed by atoms with Crippen molar-refractivity contribution in [3.05, 3.63) is 72.3 Å². The highest BCUT2D eigenvalue weighted by Crippen LogP contribution is 2.19. The van der Waals surface area contributed by atoms with E-state index >= 15 is 0 Å². The Morgan fingerprint density at radius 3 is 1.50 bits per heavy atom. The molecule has 24 heavy (non-hydrogen) atoms. The van der Waals surface area contributed by atoms with Crippen molar-refractivity contribution in [3.8, 4) is 22.9 Å². The Morgan fingerprint density at radius 2 is 1.08 bits per heavy atom. The van der Waals surface area contributed by atoms with E-state index in [9.17, 15) is 4.79 Å². The molecule has 4 aromatic rings. The highest BCUT2D eigenvalue weighted by atomic mass is 16.5. The van der Waals surface area contributed by atoms with Crippen molar-refractivity contribution in [1.82, 2.24) is 20.3 Å². The molecular formula is C17H10N4O3. The number of hydrogen-bond donors (Lipinski definition) is 0. The Hall–Kier alpha value is -3.61. The van der Waals surface area contributed by atoms with E-state index in [1.54, 1.807) is 0 Å². The van der Waals surface area contributed by atoms with E-state index in [1.807, 2.05) is 60.7 Å². The number of carbonyl (C=O) groups is 1. The SMILES string of the molecule is O=C(c1noc(-c2ccccc2)n1)c1noc(-c2ccccc2)n1. The van der Waals surface area contributed by atoms with Crippen LogP contribution in [0.15, 0.2) is 69.7 Å². The lowest BCUT2D eigenvalue weighted by Crippen LogP contribution is -2.05. The first-order valence-corrected chi connectivity index (χ1v) is 7.14. The lowest BCUT2D eigenvalue weighted by atomic mass is 10.2. The summed E-state index contributed by atoms with van der Waals surface area (Å²) in [4.78, 5) is 20.5. The fourth-order valence-electron chi connectivity index (χ4n) is 2.13. The van der Waals surface area contributed by atoms with Crippen LogP contribution in [-0.4, -0.2) is 26.1 Å². The van der Waals surface area contributed by atoms with Crippen LogP contribution >= 0.6 is 0 Å². The van der Waals surface area contributed by atoms with Gasteiger partial charge in [0.2, 0.25) is 11.6 Å². The highest BCUT2D eigenvalue weighted by molar-refractivity contribution is 6.03. The molecule has 0 N–H and O–H groups in total. The van der Waals surface area contributed by atoms with Gasteiger partial charge in [-0.05, 0) is 24.3 Å². The van der Waals surface area contributed by atoms with Gasteiger partial charge in [0.15, 0.2) is 0 Å². The van der Waals surface area contributed by atoms with Gasteiger partial charge in [0, 0.05) is 11.1 Å². The molecule has 0 radical (unpaired) electrons. The Kier molecular flexibility index (Phi) is 3.43. The summed E-state index contributed by atoms with van der Waals surface area (Å²) in [6.07, 6.45) is 0. The second-order valence-electron chi connectivity index (χ2n) is 4.91. The summed E-state index contributed by atoms with van der Waals surface area (Å²) in [5.74, 6) is -0.285. The van der Waals surface area contributed by atoms with Gasteiger partial charge in [0.1, 0.15) is 0 Å². The minimum Gasteiger partial charge on any atom is -0.333 e. The molecule has 2 aromatic carbocycles. The normalized spacial score (nSPS) is 10.7. The van der Waals surface area contributed by atoms with Crippen LogP contribution in [0.4, 0.5) is 0 Å². The zero-order valence-corrected chi connectivity index (χ0v) is 12.3. The van der Waals surface area contributed by atoms with Crippen molar-refractivity contribution in [1.29, 1.82) is 0 Å². The second kappa shape index (κ2) is 5.88. The standard InChI is InChI=1S/C17H10N4O3/c22-13(14-18-16(23-20-14)11-7-3-1-4-8-11)15-19-17(24-21-15)12-9-5-2-6-10-12/h1-10H. The average Bonchev–Trinajstić information content (AvgIpc) is 3.33. The largest absolute Gasteiger partial charge is 0.333 e. The molecule has 0 unspecified atom stereocenters. The van der Waals surface area contributed by atoms with Gasteiger partial charge in [-0.15, -0.1) is 0 Å². The third-order valence-electron chi connectivity index (χ3n) is 3.30. The van der Waals surface area contributed by atoms with Gasteiger partial charge >= 0.3 is 0 Å². The molecule has 0 aliphatic rings. The number of rotatable bonds is 4. The van der Waals surface area contributed by atoms with Crippen molar-refractivity contribution in [2.45, 2.75) is 0 Å². The van der Waals surface area contributed by atoms with Crippen molar-refractivity contribution in [3.63, 3.8) is 0 Å². The van der Waals surface area contributed by atoms with Crippen LogP contribution in [0.3, 0.4) is 0 Å². The summed E-state index contributed by atoms with van der Waals surface area (Å²) in [7, 11) is 0. The molecule has 0 spiro atoms. The van der Waals surface area contributed by atoms with Crippen LogP contribution in [0.5, 0.6) is 0 Å². The lowest BCUT2D eigenvalue weighted by Gasteiger charge is -1.90. The van der Waals surface area contributed by atoms with Gasteiger partial charge in [0.25, 0.3) is 17.6 Å². The molecule has 0 saturated carbocycles. The molecule has 0 saturated heterocycles. The Labute approximate surface area is 135 Å². The van der Waals surface area contributed by atoms with Crippen molar-refractivity contribution >= 4 is 5.78 Å². The maximum Gasteiger partial charge on any atom is 0.274 e. The van der Waals surface area contributed by atoms with Crippen LogP contribution in [0, 0.1) is 0 Å². The zero-order valence-electron chi connectivity index (χ0n) is 12.3. The van der Waals surface area contributed by atoms with Gasteiger partial charge in [-0.2, -0.15) is 9.97 Å². The topological polar surface area (TPSA) is 94.9 Å². The number of benzene rings is 2. The second-order valence-corrected chi connectivity index (χ2v) is 4.91. The Morgan fingerprint density at radius 1 is 0.667 bits per heavy atom. The Bertz CT molecular complexity index is 898. The summed E-state index contributed by atoms with van der Waals surface area (Å²) in [6.45, 7) is 0. The number of aromatic nitrogens is 4. The molecule has 7 nitrogen and oxygen atoms in total. The van der Waals surface area contributed by atoms with Gasteiger partial charge in [0.05, 0.1) is 0 Å². The highest BCUT2D eigenvalue weighted by Gasteiger charge is 2.23. The summed E-state index contributed by atoms with van der Waals surface area (Å²) in [5.41, 5.74) is 1.45. The minimum absolute atomic E-state index is 0.116.